The molecule has 0 radical (unpaired) electrons. The fourth-order valence-corrected chi connectivity index (χ4v) is 4.06. The summed E-state index contributed by atoms with van der Waals surface area (Å²) in [6.07, 6.45) is -0.413. The predicted octanol–water partition coefficient (Wildman–Crippen LogP) is 2.51. The number of hydrogen-bond donors (Lipinski definition) is 2. The third kappa shape index (κ3) is 3.84. The predicted molar refractivity (Wildman–Crippen MR) is 118 cm³/mol. The summed E-state index contributed by atoms with van der Waals surface area (Å²) >= 11 is 0. The third-order valence-corrected chi connectivity index (χ3v) is 5.80. The molecule has 1 aliphatic heterocycles. The van der Waals surface area contributed by atoms with E-state index in [-0.39, 0.29) is 6.42 Å². The number of rotatable bonds is 5. The Balaban J connectivity index is 1.59. The van der Waals surface area contributed by atoms with Gasteiger partial charge in [0, 0.05) is 49.6 Å². The first-order valence-electron chi connectivity index (χ1n) is 10.1. The molecule has 2 atom stereocenters. The molecular weight excluding hydrogens is 396 g/mol. The lowest BCUT2D eigenvalue weighted by atomic mass is 10.2. The number of aliphatic hydroxyl groups excluding tert-OH is 1. The van der Waals surface area contributed by atoms with E-state index in [0.717, 1.165) is 22.4 Å². The van der Waals surface area contributed by atoms with E-state index < -0.39 is 18.1 Å². The lowest BCUT2D eigenvalue weighted by Gasteiger charge is -2.23. The summed E-state index contributed by atoms with van der Waals surface area (Å²) in [5.74, 6) is -0.218. The van der Waals surface area contributed by atoms with Crippen molar-refractivity contribution in [3.63, 3.8) is 0 Å². The largest absolute Gasteiger partial charge is 0.480 e. The molecule has 2 N–H and O–H groups in total. The van der Waals surface area contributed by atoms with Crippen LogP contribution in [0.15, 0.2) is 52.7 Å². The van der Waals surface area contributed by atoms with E-state index in [0.29, 0.717) is 18.2 Å². The molecule has 3 aromatic rings. The second kappa shape index (κ2) is 7.99. The van der Waals surface area contributed by atoms with Crippen molar-refractivity contribution >= 4 is 40.0 Å². The van der Waals surface area contributed by atoms with Gasteiger partial charge in [0.05, 0.1) is 20.2 Å². The second-order valence-electron chi connectivity index (χ2n) is 8.10. The maximum atomic E-state index is 11.5. The van der Waals surface area contributed by atoms with E-state index in [9.17, 15) is 15.0 Å². The number of carbonyl (C=O) groups is 1. The molecule has 0 spiro atoms. The first-order chi connectivity index (χ1) is 14.8. The van der Waals surface area contributed by atoms with Gasteiger partial charge in [-0.1, -0.05) is 5.11 Å². The number of nitrogens with zero attached hydrogens (tertiary/aromatic N) is 6. The van der Waals surface area contributed by atoms with Crippen LogP contribution in [0.5, 0.6) is 0 Å². The van der Waals surface area contributed by atoms with Gasteiger partial charge < -0.3 is 20.0 Å². The summed E-state index contributed by atoms with van der Waals surface area (Å²) in [7, 11) is 7.94. The number of anilines is 2. The summed E-state index contributed by atoms with van der Waals surface area (Å²) < 4.78 is 4.00. The summed E-state index contributed by atoms with van der Waals surface area (Å²) in [5, 5.41) is 28.1. The van der Waals surface area contributed by atoms with Crippen molar-refractivity contribution in [2.24, 2.45) is 24.3 Å². The SMILES string of the molecule is CN(C)c1ccc2c(c1)n(C)c(N=Nc1ccc(N3CC(O)CC3C(=O)O)cc1)[n+]2C. The smallest absolute Gasteiger partial charge is 0.422 e. The van der Waals surface area contributed by atoms with Crippen LogP contribution < -0.4 is 14.4 Å². The van der Waals surface area contributed by atoms with E-state index in [4.69, 9.17) is 0 Å². The molecule has 0 amide bonds. The Morgan fingerprint density at radius 3 is 2.52 bits per heavy atom. The number of aliphatic carboxylic acids is 1. The van der Waals surface area contributed by atoms with Crippen LogP contribution in [0.4, 0.5) is 23.0 Å². The van der Waals surface area contributed by atoms with Gasteiger partial charge in [0.15, 0.2) is 0 Å². The van der Waals surface area contributed by atoms with Crippen molar-refractivity contribution in [1.82, 2.24) is 4.57 Å². The fourth-order valence-electron chi connectivity index (χ4n) is 4.06. The molecule has 31 heavy (non-hydrogen) atoms. The van der Waals surface area contributed by atoms with Crippen LogP contribution in [-0.2, 0) is 18.9 Å². The molecule has 9 nitrogen and oxygen atoms in total. The van der Waals surface area contributed by atoms with Gasteiger partial charge in [-0.3, -0.25) is 0 Å². The molecule has 1 fully saturated rings. The number of aliphatic hydroxyl groups is 1. The Labute approximate surface area is 180 Å². The van der Waals surface area contributed by atoms with Crippen molar-refractivity contribution in [3.8, 4) is 0 Å². The van der Waals surface area contributed by atoms with Gasteiger partial charge in [0.2, 0.25) is 0 Å². The first kappa shape index (κ1) is 20.8. The maximum Gasteiger partial charge on any atom is 0.422 e. The number of hydrogen-bond acceptors (Lipinski definition) is 6. The van der Waals surface area contributed by atoms with E-state index in [1.165, 1.54) is 0 Å². The molecule has 2 aromatic carbocycles. The lowest BCUT2D eigenvalue weighted by Crippen LogP contribution is -2.35. The molecule has 2 unspecified atom stereocenters. The maximum absolute atomic E-state index is 11.5. The number of fused-ring (bicyclic) bond motifs is 1. The number of aromatic nitrogens is 2. The zero-order valence-corrected chi connectivity index (χ0v) is 18.1. The van der Waals surface area contributed by atoms with Crippen molar-refractivity contribution in [1.29, 1.82) is 0 Å². The molecule has 1 aromatic heterocycles. The number of carboxylic acid groups (broad SMARTS) is 1. The van der Waals surface area contributed by atoms with Crippen LogP contribution >= 0.6 is 0 Å². The van der Waals surface area contributed by atoms with Gasteiger partial charge >= 0.3 is 11.9 Å². The minimum Gasteiger partial charge on any atom is -0.480 e. The number of carboxylic acids is 1. The Hall–Kier alpha value is -3.46. The van der Waals surface area contributed by atoms with Crippen LogP contribution in [0.1, 0.15) is 6.42 Å². The van der Waals surface area contributed by atoms with Crippen molar-refractivity contribution < 1.29 is 19.6 Å². The minimum absolute atomic E-state index is 0.226. The third-order valence-electron chi connectivity index (χ3n) is 5.80. The number of aryl methyl sites for hydroxylation is 2. The molecule has 2 heterocycles. The molecule has 0 saturated carbocycles. The van der Waals surface area contributed by atoms with E-state index >= 15 is 0 Å². The van der Waals surface area contributed by atoms with Gasteiger partial charge in [-0.2, -0.15) is 0 Å². The standard InChI is InChI=1S/C22H26N6O3/c1-25(2)16-9-10-18-19(11-16)27(4)22(26(18)3)24-23-14-5-7-15(8-6-14)28-13-17(29)12-20(28)21(30)31/h5-11,17,20,29H,12-13H2,1-4H3/p+1. The number of β-amino-alcohol motifs (C(OH)–C–C–N with tert-alkyl or cyclic N) is 1. The van der Waals surface area contributed by atoms with Gasteiger partial charge in [-0.25, -0.2) is 13.9 Å². The highest BCUT2D eigenvalue weighted by Crippen LogP contribution is 2.29. The lowest BCUT2D eigenvalue weighted by molar-refractivity contribution is -0.632. The van der Waals surface area contributed by atoms with E-state index in [2.05, 4.69) is 33.3 Å². The van der Waals surface area contributed by atoms with Crippen molar-refractivity contribution in [2.45, 2.75) is 18.6 Å². The highest BCUT2D eigenvalue weighted by atomic mass is 16.4. The van der Waals surface area contributed by atoms with Crippen LogP contribution in [0.3, 0.4) is 0 Å². The highest BCUT2D eigenvalue weighted by Gasteiger charge is 2.36. The van der Waals surface area contributed by atoms with Crippen LogP contribution in [0, 0.1) is 0 Å². The van der Waals surface area contributed by atoms with Gasteiger partial charge in [0.25, 0.3) is 0 Å². The molecule has 0 bridgehead atoms. The van der Waals surface area contributed by atoms with Gasteiger partial charge in [-0.15, -0.1) is 0 Å². The summed E-state index contributed by atoms with van der Waals surface area (Å²) in [5.41, 5.74) is 4.64. The highest BCUT2D eigenvalue weighted by molar-refractivity contribution is 5.80. The van der Waals surface area contributed by atoms with Gasteiger partial charge in [0.1, 0.15) is 22.8 Å². The van der Waals surface area contributed by atoms with Crippen LogP contribution in [0.25, 0.3) is 11.0 Å². The van der Waals surface area contributed by atoms with Crippen molar-refractivity contribution in [3.05, 3.63) is 42.5 Å². The fraction of sp³-hybridized carbons (Fsp3) is 0.364. The van der Waals surface area contributed by atoms with Crippen molar-refractivity contribution in [2.75, 3.05) is 30.4 Å². The first-order valence-corrected chi connectivity index (χ1v) is 10.1. The quantitative estimate of drug-likeness (QED) is 0.485. The monoisotopic (exact) mass is 423 g/mol. The second-order valence-corrected chi connectivity index (χ2v) is 8.10. The number of imidazole rings is 1. The van der Waals surface area contributed by atoms with Crippen LogP contribution in [-0.4, -0.2) is 53.5 Å². The average Bonchev–Trinajstić information content (AvgIpc) is 3.25. The van der Waals surface area contributed by atoms with Crippen LogP contribution in [0.2, 0.25) is 0 Å². The topological polar surface area (TPSA) is 97.5 Å². The van der Waals surface area contributed by atoms with E-state index in [1.54, 1.807) is 17.0 Å². The Bertz CT molecular complexity index is 1150. The van der Waals surface area contributed by atoms with E-state index in [1.807, 2.05) is 49.5 Å². The molecule has 1 saturated heterocycles. The number of azo groups is 1. The molecule has 162 valence electrons. The summed E-state index contributed by atoms with van der Waals surface area (Å²) in [6.45, 7) is 0.304. The average molecular weight is 423 g/mol. The van der Waals surface area contributed by atoms with Gasteiger partial charge in [-0.05, 0) is 36.4 Å². The minimum atomic E-state index is -0.930. The number of benzene rings is 2. The Morgan fingerprint density at radius 2 is 1.87 bits per heavy atom. The Kier molecular flexibility index (Phi) is 5.36. The molecule has 9 heteroatoms. The molecule has 4 rings (SSSR count). The Morgan fingerprint density at radius 1 is 1.16 bits per heavy atom. The normalized spacial score (nSPS) is 18.9. The summed E-state index contributed by atoms with van der Waals surface area (Å²) in [6, 6.07) is 12.8. The molecule has 1 aliphatic rings. The molecule has 0 aliphatic carbocycles. The summed E-state index contributed by atoms with van der Waals surface area (Å²) in [4.78, 5) is 15.2. The molecular formula is C22H27N6O3+. The zero-order valence-electron chi connectivity index (χ0n) is 18.1. The zero-order chi connectivity index (χ0) is 22.3.